The zero-order valence-corrected chi connectivity index (χ0v) is 14.8. The number of carbonyl (C=O) groups is 1. The van der Waals surface area contributed by atoms with E-state index in [0.29, 0.717) is 17.7 Å². The Balaban J connectivity index is 2.21. The lowest BCUT2D eigenvalue weighted by atomic mass is 10.00. The molecular weight excluding hydrogens is 326 g/mol. The van der Waals surface area contributed by atoms with Crippen LogP contribution in [0.5, 0.6) is 0 Å². The number of rotatable bonds is 6. The molecule has 0 aliphatic heterocycles. The Kier molecular flexibility index (Phi) is 5.75. The van der Waals surface area contributed by atoms with Crippen LogP contribution in [0, 0.1) is 6.92 Å². The molecule has 1 atom stereocenters. The van der Waals surface area contributed by atoms with Crippen LogP contribution in [0.2, 0.25) is 0 Å². The van der Waals surface area contributed by atoms with Crippen LogP contribution in [0.25, 0.3) is 0 Å². The fourth-order valence-electron chi connectivity index (χ4n) is 2.33. The lowest BCUT2D eigenvalue weighted by molar-refractivity contribution is 0.0516. The zero-order valence-electron chi connectivity index (χ0n) is 13.9. The Morgan fingerprint density at radius 3 is 2.46 bits per heavy atom. The van der Waals surface area contributed by atoms with Crippen LogP contribution in [0.1, 0.15) is 40.1 Å². The lowest BCUT2D eigenvalue weighted by Crippen LogP contribution is -2.30. The summed E-state index contributed by atoms with van der Waals surface area (Å²) < 4.78 is 30.5. The van der Waals surface area contributed by atoms with Crippen molar-refractivity contribution in [3.63, 3.8) is 0 Å². The monoisotopic (exact) mass is 347 g/mol. The predicted molar refractivity (Wildman–Crippen MR) is 93.1 cm³/mol. The van der Waals surface area contributed by atoms with E-state index in [1.54, 1.807) is 12.1 Å². The summed E-state index contributed by atoms with van der Waals surface area (Å²) in [6.45, 7) is 4.09. The largest absolute Gasteiger partial charge is 0.369 e. The second-order valence-corrected chi connectivity index (χ2v) is 7.48. The second kappa shape index (κ2) is 7.59. The van der Waals surface area contributed by atoms with E-state index in [0.717, 1.165) is 17.4 Å². The van der Waals surface area contributed by atoms with Crippen molar-refractivity contribution in [2.75, 3.05) is 6.26 Å². The quantitative estimate of drug-likeness (QED) is 0.872. The summed E-state index contributed by atoms with van der Waals surface area (Å²) in [5, 5.41) is 0. The van der Waals surface area contributed by atoms with Crippen molar-refractivity contribution in [3.8, 4) is 0 Å². The van der Waals surface area contributed by atoms with E-state index >= 15 is 0 Å². The minimum Gasteiger partial charge on any atom is -0.369 e. The van der Waals surface area contributed by atoms with Gasteiger partial charge in [0.2, 0.25) is 10.0 Å². The Labute approximate surface area is 142 Å². The highest BCUT2D eigenvalue weighted by molar-refractivity contribution is 7.89. The lowest BCUT2D eigenvalue weighted by Gasteiger charge is -2.17. The van der Waals surface area contributed by atoms with Gasteiger partial charge in [0.15, 0.2) is 0 Å². The molecule has 0 unspecified atom stereocenters. The number of carbonyl (C=O) groups excluding carboxylic acids is 1. The molecule has 2 rings (SSSR count). The molecule has 24 heavy (non-hydrogen) atoms. The molecule has 1 amide bonds. The van der Waals surface area contributed by atoms with Gasteiger partial charge < -0.3 is 4.74 Å². The maximum atomic E-state index is 12.3. The van der Waals surface area contributed by atoms with E-state index in [1.807, 2.05) is 55.0 Å². The van der Waals surface area contributed by atoms with Gasteiger partial charge in [-0.25, -0.2) is 13.1 Å². The van der Waals surface area contributed by atoms with E-state index in [-0.39, 0.29) is 6.10 Å². The summed E-state index contributed by atoms with van der Waals surface area (Å²) in [7, 11) is -3.62. The van der Waals surface area contributed by atoms with E-state index in [2.05, 4.69) is 0 Å². The summed E-state index contributed by atoms with van der Waals surface area (Å²) in [5.74, 6) is -0.647. The van der Waals surface area contributed by atoms with Crippen LogP contribution < -0.4 is 4.72 Å². The van der Waals surface area contributed by atoms with E-state index in [4.69, 9.17) is 4.74 Å². The van der Waals surface area contributed by atoms with Gasteiger partial charge in [-0.05, 0) is 31.0 Å². The molecule has 0 saturated heterocycles. The molecule has 0 saturated carbocycles. The molecule has 0 heterocycles. The first kappa shape index (κ1) is 18.2. The highest BCUT2D eigenvalue weighted by Crippen LogP contribution is 2.24. The number of hydrogen-bond donors (Lipinski definition) is 1. The molecule has 0 aliphatic rings. The van der Waals surface area contributed by atoms with Crippen LogP contribution in [0.15, 0.2) is 48.5 Å². The smallest absolute Gasteiger partial charge is 0.265 e. The van der Waals surface area contributed by atoms with Gasteiger partial charge in [0.25, 0.3) is 5.91 Å². The fourth-order valence-corrected chi connectivity index (χ4v) is 2.78. The van der Waals surface area contributed by atoms with Gasteiger partial charge in [-0.1, -0.05) is 48.0 Å². The average molecular weight is 347 g/mol. The molecule has 128 valence electrons. The minimum atomic E-state index is -3.62. The van der Waals surface area contributed by atoms with Crippen LogP contribution in [-0.4, -0.2) is 20.6 Å². The average Bonchev–Trinajstić information content (AvgIpc) is 2.52. The Morgan fingerprint density at radius 2 is 1.83 bits per heavy atom. The predicted octanol–water partition coefficient (Wildman–Crippen LogP) is 2.96. The maximum absolute atomic E-state index is 12.3. The SMILES string of the molecule is Cc1ccc([C@@H](C)OCc2ccccc2)c(C(=O)NS(C)(=O)=O)c1. The van der Waals surface area contributed by atoms with Gasteiger partial charge in [-0.15, -0.1) is 0 Å². The number of nitrogens with one attached hydrogen (secondary N) is 1. The Morgan fingerprint density at radius 1 is 1.17 bits per heavy atom. The molecule has 0 bridgehead atoms. The van der Waals surface area contributed by atoms with Crippen molar-refractivity contribution >= 4 is 15.9 Å². The van der Waals surface area contributed by atoms with Crippen molar-refractivity contribution in [2.24, 2.45) is 0 Å². The molecule has 6 heteroatoms. The number of aryl methyl sites for hydroxylation is 1. The molecule has 5 nitrogen and oxygen atoms in total. The van der Waals surface area contributed by atoms with Crippen molar-refractivity contribution in [3.05, 3.63) is 70.8 Å². The van der Waals surface area contributed by atoms with Crippen LogP contribution >= 0.6 is 0 Å². The van der Waals surface area contributed by atoms with Crippen molar-refractivity contribution < 1.29 is 17.9 Å². The van der Waals surface area contributed by atoms with Crippen LogP contribution in [-0.2, 0) is 21.4 Å². The van der Waals surface area contributed by atoms with Crippen LogP contribution in [0.4, 0.5) is 0 Å². The molecule has 0 radical (unpaired) electrons. The summed E-state index contributed by atoms with van der Waals surface area (Å²) in [5.41, 5.74) is 2.85. The number of ether oxygens (including phenoxy) is 1. The molecule has 2 aromatic rings. The molecule has 0 aromatic heterocycles. The second-order valence-electron chi connectivity index (χ2n) is 5.73. The van der Waals surface area contributed by atoms with Gasteiger partial charge >= 0.3 is 0 Å². The summed E-state index contributed by atoms with van der Waals surface area (Å²) in [6, 6.07) is 15.0. The van der Waals surface area contributed by atoms with Crippen LogP contribution in [0.3, 0.4) is 0 Å². The third-order valence-corrected chi connectivity index (χ3v) is 4.07. The number of sulfonamides is 1. The zero-order chi connectivity index (χ0) is 17.7. The first-order valence-corrected chi connectivity index (χ1v) is 9.43. The highest BCUT2D eigenvalue weighted by atomic mass is 32.2. The van der Waals surface area contributed by atoms with Crippen molar-refractivity contribution in [1.29, 1.82) is 0 Å². The van der Waals surface area contributed by atoms with E-state index < -0.39 is 15.9 Å². The Bertz CT molecular complexity index is 816. The first-order valence-electron chi connectivity index (χ1n) is 7.54. The molecule has 0 spiro atoms. The molecule has 1 N–H and O–H groups in total. The number of benzene rings is 2. The normalized spacial score (nSPS) is 12.6. The van der Waals surface area contributed by atoms with E-state index in [9.17, 15) is 13.2 Å². The topological polar surface area (TPSA) is 72.5 Å². The van der Waals surface area contributed by atoms with E-state index in [1.165, 1.54) is 0 Å². The molecule has 0 aliphatic carbocycles. The number of hydrogen-bond acceptors (Lipinski definition) is 4. The molecule has 2 aromatic carbocycles. The van der Waals surface area contributed by atoms with Gasteiger partial charge in [0, 0.05) is 5.56 Å². The summed E-state index contributed by atoms with van der Waals surface area (Å²) in [4.78, 5) is 12.3. The van der Waals surface area contributed by atoms with Gasteiger partial charge in [0.1, 0.15) is 0 Å². The van der Waals surface area contributed by atoms with Crippen molar-refractivity contribution in [2.45, 2.75) is 26.6 Å². The standard InChI is InChI=1S/C18H21NO4S/c1-13-9-10-16(17(11-13)18(20)19-24(3,21)22)14(2)23-12-15-7-5-4-6-8-15/h4-11,14H,12H2,1-3H3,(H,19,20)/t14-/m1/s1. The van der Waals surface area contributed by atoms with Crippen molar-refractivity contribution in [1.82, 2.24) is 4.72 Å². The van der Waals surface area contributed by atoms with Gasteiger partial charge in [-0.2, -0.15) is 0 Å². The fraction of sp³-hybridized carbons (Fsp3) is 0.278. The third kappa shape index (κ3) is 5.18. The third-order valence-electron chi connectivity index (χ3n) is 3.51. The summed E-state index contributed by atoms with van der Waals surface area (Å²) >= 11 is 0. The molecule has 0 fully saturated rings. The highest BCUT2D eigenvalue weighted by Gasteiger charge is 2.19. The minimum absolute atomic E-state index is 0.306. The summed E-state index contributed by atoms with van der Waals surface area (Å²) in [6.07, 6.45) is 0.599. The maximum Gasteiger partial charge on any atom is 0.265 e. The van der Waals surface area contributed by atoms with Gasteiger partial charge in [0.05, 0.1) is 19.0 Å². The number of amides is 1. The molecular formula is C18H21NO4S. The first-order chi connectivity index (χ1) is 11.3. The Hall–Kier alpha value is -2.18. The van der Waals surface area contributed by atoms with Gasteiger partial charge in [-0.3, -0.25) is 4.79 Å².